The summed E-state index contributed by atoms with van der Waals surface area (Å²) in [6, 6.07) is 1.72. The highest BCUT2D eigenvalue weighted by atomic mass is 16.2. The molecular formula is C20H29N3O2. The van der Waals surface area contributed by atoms with Gasteiger partial charge < -0.3 is 4.90 Å². The first kappa shape index (κ1) is 16.8. The van der Waals surface area contributed by atoms with Gasteiger partial charge in [-0.3, -0.25) is 14.2 Å². The number of piperidine rings is 1. The van der Waals surface area contributed by atoms with E-state index >= 15 is 0 Å². The zero-order valence-corrected chi connectivity index (χ0v) is 15.0. The summed E-state index contributed by atoms with van der Waals surface area (Å²) in [5.74, 6) is 1.97. The van der Waals surface area contributed by atoms with Crippen LogP contribution in [0.5, 0.6) is 0 Å². The lowest BCUT2D eigenvalue weighted by Crippen LogP contribution is -2.40. The van der Waals surface area contributed by atoms with Gasteiger partial charge in [-0.2, -0.15) is 0 Å². The number of carbonyl (C=O) groups is 1. The average Bonchev–Trinajstić information content (AvgIpc) is 3.35. The zero-order valence-electron chi connectivity index (χ0n) is 15.0. The number of hydrogen-bond donors (Lipinski definition) is 0. The van der Waals surface area contributed by atoms with Gasteiger partial charge in [0.1, 0.15) is 0 Å². The van der Waals surface area contributed by atoms with E-state index < -0.39 is 0 Å². The standard InChI is InChI=1S/C20H29N3O2/c24-19(11-15-3-1-2-4-15)22-9-7-16(8-10-22)13-23-14-21-18(12-20(23)25)17-5-6-17/h12,14-17H,1-11,13H2. The fourth-order valence-corrected chi connectivity index (χ4v) is 4.41. The number of nitrogens with zero attached hydrogens (tertiary/aromatic N) is 3. The minimum atomic E-state index is 0.0802. The van der Waals surface area contributed by atoms with Crippen LogP contribution in [0.4, 0.5) is 0 Å². The number of likely N-dealkylation sites (tertiary alicyclic amines) is 1. The lowest BCUT2D eigenvalue weighted by molar-refractivity contribution is -0.133. The molecule has 0 radical (unpaired) electrons. The van der Waals surface area contributed by atoms with Gasteiger partial charge in [-0.05, 0) is 50.4 Å². The van der Waals surface area contributed by atoms with E-state index in [1.54, 1.807) is 17.0 Å². The van der Waals surface area contributed by atoms with E-state index in [1.807, 2.05) is 4.90 Å². The predicted molar refractivity (Wildman–Crippen MR) is 96.4 cm³/mol. The number of rotatable bonds is 5. The summed E-state index contributed by atoms with van der Waals surface area (Å²) in [7, 11) is 0. The average molecular weight is 343 g/mol. The summed E-state index contributed by atoms with van der Waals surface area (Å²) in [6.45, 7) is 2.43. The summed E-state index contributed by atoms with van der Waals surface area (Å²) in [6.07, 6.45) is 11.9. The molecule has 3 fully saturated rings. The molecule has 0 unspecified atom stereocenters. The molecular weight excluding hydrogens is 314 g/mol. The number of amides is 1. The van der Waals surface area contributed by atoms with Crippen molar-refractivity contribution in [1.82, 2.24) is 14.5 Å². The molecule has 4 rings (SSSR count). The first-order valence-electron chi connectivity index (χ1n) is 10.0. The Morgan fingerprint density at radius 1 is 1.04 bits per heavy atom. The fourth-order valence-electron chi connectivity index (χ4n) is 4.41. The maximum atomic E-state index is 12.4. The van der Waals surface area contributed by atoms with Gasteiger partial charge in [0.15, 0.2) is 0 Å². The van der Waals surface area contributed by atoms with Crippen molar-refractivity contribution in [2.45, 2.75) is 70.3 Å². The number of carbonyl (C=O) groups excluding carboxylic acids is 1. The zero-order chi connectivity index (χ0) is 17.2. The van der Waals surface area contributed by atoms with Gasteiger partial charge in [0.2, 0.25) is 5.91 Å². The van der Waals surface area contributed by atoms with Crippen molar-refractivity contribution in [3.63, 3.8) is 0 Å². The Kier molecular flexibility index (Phi) is 4.91. The molecule has 0 atom stereocenters. The van der Waals surface area contributed by atoms with Crippen molar-refractivity contribution >= 4 is 5.91 Å². The Hall–Kier alpha value is -1.65. The molecule has 1 aliphatic heterocycles. The molecule has 5 nitrogen and oxygen atoms in total. The van der Waals surface area contributed by atoms with Crippen molar-refractivity contribution in [2.24, 2.45) is 11.8 Å². The van der Waals surface area contributed by atoms with E-state index in [-0.39, 0.29) is 5.56 Å². The van der Waals surface area contributed by atoms with E-state index in [0.717, 1.165) is 44.6 Å². The van der Waals surface area contributed by atoms with Crippen LogP contribution in [0.15, 0.2) is 17.2 Å². The molecule has 2 aliphatic carbocycles. The van der Waals surface area contributed by atoms with E-state index in [4.69, 9.17) is 0 Å². The topological polar surface area (TPSA) is 55.2 Å². The molecule has 0 spiro atoms. The minimum absolute atomic E-state index is 0.0802. The van der Waals surface area contributed by atoms with Crippen LogP contribution in [0.1, 0.15) is 69.4 Å². The molecule has 1 amide bonds. The summed E-state index contributed by atoms with van der Waals surface area (Å²) < 4.78 is 1.76. The highest BCUT2D eigenvalue weighted by Crippen LogP contribution is 2.38. The number of hydrogen-bond acceptors (Lipinski definition) is 3. The fraction of sp³-hybridized carbons (Fsp3) is 0.750. The van der Waals surface area contributed by atoms with E-state index in [1.165, 1.54) is 38.5 Å². The predicted octanol–water partition coefficient (Wildman–Crippen LogP) is 2.94. The summed E-state index contributed by atoms with van der Waals surface area (Å²) in [5.41, 5.74) is 1.05. The third-order valence-electron chi connectivity index (χ3n) is 6.26. The van der Waals surface area contributed by atoms with Crippen molar-refractivity contribution in [2.75, 3.05) is 13.1 Å². The van der Waals surface area contributed by atoms with E-state index in [2.05, 4.69) is 4.98 Å². The Labute approximate surface area is 149 Å². The Balaban J connectivity index is 1.27. The van der Waals surface area contributed by atoms with Gasteiger partial charge in [0.25, 0.3) is 5.56 Å². The third kappa shape index (κ3) is 4.13. The maximum Gasteiger partial charge on any atom is 0.253 e. The third-order valence-corrected chi connectivity index (χ3v) is 6.26. The molecule has 0 bridgehead atoms. The molecule has 5 heteroatoms. The second-order valence-electron chi connectivity index (χ2n) is 8.26. The van der Waals surface area contributed by atoms with Gasteiger partial charge in [-0.25, -0.2) is 4.98 Å². The van der Waals surface area contributed by atoms with Crippen molar-refractivity contribution < 1.29 is 4.79 Å². The molecule has 3 aliphatic rings. The lowest BCUT2D eigenvalue weighted by atomic mass is 9.95. The summed E-state index contributed by atoms with van der Waals surface area (Å²) in [5, 5.41) is 0. The largest absolute Gasteiger partial charge is 0.343 e. The molecule has 1 aromatic heterocycles. The lowest BCUT2D eigenvalue weighted by Gasteiger charge is -2.32. The second-order valence-corrected chi connectivity index (χ2v) is 8.26. The SMILES string of the molecule is O=C(CC1CCCC1)N1CCC(Cn2cnc(C3CC3)cc2=O)CC1. The van der Waals surface area contributed by atoms with Gasteiger partial charge in [0.05, 0.1) is 12.0 Å². The first-order valence-corrected chi connectivity index (χ1v) is 10.0. The minimum Gasteiger partial charge on any atom is -0.343 e. The van der Waals surface area contributed by atoms with Crippen molar-refractivity contribution in [3.8, 4) is 0 Å². The van der Waals surface area contributed by atoms with E-state index in [0.29, 0.717) is 23.7 Å². The smallest absolute Gasteiger partial charge is 0.253 e. The highest BCUT2D eigenvalue weighted by Gasteiger charge is 2.27. The molecule has 2 heterocycles. The summed E-state index contributed by atoms with van der Waals surface area (Å²) >= 11 is 0. The molecule has 136 valence electrons. The van der Waals surface area contributed by atoms with E-state index in [9.17, 15) is 9.59 Å². The van der Waals surface area contributed by atoms with Gasteiger partial charge >= 0.3 is 0 Å². The van der Waals surface area contributed by atoms with Gasteiger partial charge in [-0.15, -0.1) is 0 Å². The van der Waals surface area contributed by atoms with Crippen LogP contribution in [-0.4, -0.2) is 33.4 Å². The van der Waals surface area contributed by atoms with Gasteiger partial charge in [0, 0.05) is 38.0 Å². The Morgan fingerprint density at radius 3 is 2.40 bits per heavy atom. The van der Waals surface area contributed by atoms with Crippen LogP contribution in [-0.2, 0) is 11.3 Å². The van der Waals surface area contributed by atoms with Crippen LogP contribution in [0, 0.1) is 11.8 Å². The molecule has 0 N–H and O–H groups in total. The maximum absolute atomic E-state index is 12.4. The van der Waals surface area contributed by atoms with Crippen LogP contribution in [0.25, 0.3) is 0 Å². The van der Waals surface area contributed by atoms with Crippen molar-refractivity contribution in [1.29, 1.82) is 0 Å². The normalized spacial score (nSPS) is 22.5. The second kappa shape index (κ2) is 7.30. The van der Waals surface area contributed by atoms with Crippen LogP contribution < -0.4 is 5.56 Å². The molecule has 25 heavy (non-hydrogen) atoms. The Morgan fingerprint density at radius 2 is 1.76 bits per heavy atom. The quantitative estimate of drug-likeness (QED) is 0.826. The summed E-state index contributed by atoms with van der Waals surface area (Å²) in [4.78, 5) is 31.2. The first-order chi connectivity index (χ1) is 12.2. The van der Waals surface area contributed by atoms with Crippen LogP contribution in [0.2, 0.25) is 0 Å². The Bertz CT molecular complexity index is 666. The van der Waals surface area contributed by atoms with Crippen LogP contribution >= 0.6 is 0 Å². The molecule has 1 aromatic rings. The molecule has 0 aromatic carbocycles. The molecule has 1 saturated heterocycles. The van der Waals surface area contributed by atoms with Crippen molar-refractivity contribution in [3.05, 3.63) is 28.4 Å². The highest BCUT2D eigenvalue weighted by molar-refractivity contribution is 5.76. The monoisotopic (exact) mass is 343 g/mol. The molecule has 2 saturated carbocycles. The van der Waals surface area contributed by atoms with Crippen LogP contribution in [0.3, 0.4) is 0 Å². The number of aromatic nitrogens is 2. The van der Waals surface area contributed by atoms with Gasteiger partial charge in [-0.1, -0.05) is 12.8 Å².